The van der Waals surface area contributed by atoms with Gasteiger partial charge in [-0.2, -0.15) is 0 Å². The first-order valence-electron chi connectivity index (χ1n) is 4.83. The molecule has 0 aliphatic rings. The summed E-state index contributed by atoms with van der Waals surface area (Å²) in [5, 5.41) is 1.41. The van der Waals surface area contributed by atoms with Crippen LogP contribution in [0, 0.1) is 0 Å². The van der Waals surface area contributed by atoms with Crippen LogP contribution in [-0.2, 0) is 0 Å². The average Bonchev–Trinajstić information content (AvgIpc) is 2.28. The van der Waals surface area contributed by atoms with E-state index < -0.39 is 8.63 Å². The molecule has 0 bridgehead atoms. The molecule has 0 fully saturated rings. The van der Waals surface area contributed by atoms with Gasteiger partial charge in [0.05, 0.1) is 10.9 Å². The van der Waals surface area contributed by atoms with Crippen molar-refractivity contribution in [3.63, 3.8) is 0 Å². The molecule has 0 N–H and O–H groups in total. The van der Waals surface area contributed by atoms with Crippen LogP contribution in [-0.4, -0.2) is 14.5 Å². The van der Waals surface area contributed by atoms with Gasteiger partial charge in [0.15, 0.2) is 0 Å². The lowest BCUT2D eigenvalue weighted by Gasteiger charge is -2.04. The van der Waals surface area contributed by atoms with Crippen molar-refractivity contribution in [2.45, 2.75) is 15.6 Å². The van der Waals surface area contributed by atoms with Crippen LogP contribution in [0.1, 0.15) is 6.92 Å². The maximum Gasteiger partial charge on any atom is 0.225 e. The molecule has 0 aromatic carbocycles. The number of hydrogen-bond acceptors (Lipinski definition) is 0. The minimum absolute atomic E-state index is 0.0116. The minimum atomic E-state index is -1.51. The van der Waals surface area contributed by atoms with Crippen LogP contribution >= 0.6 is 116 Å². The van der Waals surface area contributed by atoms with E-state index in [4.69, 9.17) is 116 Å². The van der Waals surface area contributed by atoms with E-state index in [2.05, 4.69) is 26.3 Å². The summed E-state index contributed by atoms with van der Waals surface area (Å²) in [6.45, 7) is 14.8. The Hall–Kier alpha value is 1.86. The van der Waals surface area contributed by atoms with Crippen LogP contribution in [0.15, 0.2) is 46.4 Å². The Labute approximate surface area is 182 Å². The van der Waals surface area contributed by atoms with Gasteiger partial charge in [0.1, 0.15) is 4.84 Å². The SMILES string of the molecule is C=C(C)Cl.C=C(Cl)C(Cl)(Cl)Cl.C=C(Cl)C(Cl)Cl.C=C(Cl)CCl. The molecule has 0 aromatic heterocycles. The topological polar surface area (TPSA) is 0 Å². The van der Waals surface area contributed by atoms with E-state index in [9.17, 15) is 0 Å². The molecule has 0 amide bonds. The summed E-state index contributed by atoms with van der Waals surface area (Å²) in [6.07, 6.45) is 0. The predicted octanol–water partition coefficient (Wildman–Crippen LogP) is 9.39. The fraction of sp³-hybridized carbons (Fsp3) is 0.333. The first-order valence-corrected chi connectivity index (χ1v) is 8.89. The molecule has 0 heterocycles. The molecule has 0 atom stereocenters. The van der Waals surface area contributed by atoms with E-state index in [1.54, 1.807) is 6.92 Å². The first kappa shape index (κ1) is 31.6. The molecular weight excluding hydrogens is 499 g/mol. The molecule has 0 rings (SSSR count). The van der Waals surface area contributed by atoms with Gasteiger partial charge in [-0.1, -0.05) is 131 Å². The second kappa shape index (κ2) is 19.2. The highest BCUT2D eigenvalue weighted by Gasteiger charge is 2.21. The highest BCUT2D eigenvalue weighted by molar-refractivity contribution is 6.72. The third-order valence-corrected chi connectivity index (χ3v) is 3.51. The molecule has 0 saturated carbocycles. The fourth-order valence-electron chi connectivity index (χ4n) is 0. The van der Waals surface area contributed by atoms with Crippen molar-refractivity contribution in [1.82, 2.24) is 0 Å². The summed E-state index contributed by atoms with van der Waals surface area (Å²) in [5.74, 6) is 0.349. The summed E-state index contributed by atoms with van der Waals surface area (Å²) in [5.41, 5.74) is 0. The van der Waals surface area contributed by atoms with Crippen molar-refractivity contribution in [1.29, 1.82) is 0 Å². The van der Waals surface area contributed by atoms with E-state index in [1.165, 1.54) is 0 Å². The van der Waals surface area contributed by atoms with E-state index >= 15 is 0 Å². The van der Waals surface area contributed by atoms with Gasteiger partial charge in [0, 0.05) is 15.1 Å². The Kier molecular flexibility index (Phi) is 27.6. The van der Waals surface area contributed by atoms with E-state index in [0.717, 1.165) is 0 Å². The summed E-state index contributed by atoms with van der Waals surface area (Å²) in [4.78, 5) is -0.633. The Morgan fingerprint density at radius 3 is 1.05 bits per heavy atom. The zero-order chi connectivity index (χ0) is 19.1. The van der Waals surface area contributed by atoms with Crippen LogP contribution in [0.2, 0.25) is 0 Å². The van der Waals surface area contributed by atoms with Crippen LogP contribution in [0.5, 0.6) is 0 Å². The van der Waals surface area contributed by atoms with Gasteiger partial charge in [-0.05, 0) is 6.92 Å². The molecule has 0 unspecified atom stereocenters. The van der Waals surface area contributed by atoms with Gasteiger partial charge < -0.3 is 0 Å². The lowest BCUT2D eigenvalue weighted by molar-refractivity contribution is 1.43. The molecule has 0 nitrogen and oxygen atoms in total. The van der Waals surface area contributed by atoms with Crippen molar-refractivity contribution >= 4 is 116 Å². The van der Waals surface area contributed by atoms with Crippen molar-refractivity contribution < 1.29 is 0 Å². The Morgan fingerprint density at radius 1 is 0.909 bits per heavy atom. The first-order chi connectivity index (χ1) is 9.59. The summed E-state index contributed by atoms with van der Waals surface area (Å²) in [6, 6.07) is 0. The second-order valence-corrected chi connectivity index (χ2v) is 8.74. The monoisotopic (exact) mass is 508 g/mol. The lowest BCUT2D eigenvalue weighted by Crippen LogP contribution is -1.98. The Morgan fingerprint density at radius 2 is 1.05 bits per heavy atom. The fourth-order valence-corrected chi connectivity index (χ4v) is 0. The van der Waals surface area contributed by atoms with Crippen molar-refractivity contribution in [2.24, 2.45) is 0 Å². The number of hydrogen-bond donors (Lipinski definition) is 0. The van der Waals surface area contributed by atoms with E-state index in [0.29, 0.717) is 15.9 Å². The van der Waals surface area contributed by atoms with Gasteiger partial charge in [0.25, 0.3) is 0 Å². The van der Waals surface area contributed by atoms with Crippen LogP contribution in [0.3, 0.4) is 0 Å². The quantitative estimate of drug-likeness (QED) is 0.323. The maximum absolute atomic E-state index is 5.17. The van der Waals surface area contributed by atoms with E-state index in [-0.39, 0.29) is 10.1 Å². The molecule has 22 heavy (non-hydrogen) atoms. The zero-order valence-corrected chi connectivity index (χ0v) is 19.0. The van der Waals surface area contributed by atoms with Crippen molar-refractivity contribution in [2.75, 3.05) is 5.88 Å². The van der Waals surface area contributed by atoms with Crippen molar-refractivity contribution in [3.05, 3.63) is 46.4 Å². The smallest absolute Gasteiger partial charge is 0.121 e. The number of rotatable bonds is 2. The van der Waals surface area contributed by atoms with Gasteiger partial charge in [-0.3, -0.25) is 0 Å². The van der Waals surface area contributed by atoms with Gasteiger partial charge in [0.2, 0.25) is 3.79 Å². The van der Waals surface area contributed by atoms with Gasteiger partial charge in [-0.25, -0.2) is 0 Å². The van der Waals surface area contributed by atoms with Gasteiger partial charge in [-0.15, -0.1) is 11.6 Å². The molecule has 132 valence electrons. The Balaban J connectivity index is -0.000000100. The minimum Gasteiger partial charge on any atom is -0.121 e. The second-order valence-electron chi connectivity index (χ2n) is 2.98. The molecule has 0 aliphatic carbocycles. The highest BCUT2D eigenvalue weighted by Crippen LogP contribution is 2.35. The molecule has 0 aliphatic heterocycles. The maximum atomic E-state index is 5.17. The zero-order valence-electron chi connectivity index (χ0n) is 11.4. The largest absolute Gasteiger partial charge is 0.225 e. The predicted molar refractivity (Wildman–Crippen MR) is 112 cm³/mol. The van der Waals surface area contributed by atoms with Crippen LogP contribution in [0.25, 0.3) is 0 Å². The summed E-state index contributed by atoms with van der Waals surface area (Å²) in [7, 11) is 0. The normalized spacial score (nSPS) is 9.09. The standard InChI is InChI=1S/C3H2Cl4.C3H3Cl3.C3H4Cl2.C3H5Cl/c1-2(4)3(5,6)7;1-2(4)3(5)6;1-3(5)2-4;1-3(2)4/h1H2;3H,1H2;1-2H2;1H2,2H3. The Bertz CT molecular complexity index is 336. The summed E-state index contributed by atoms with van der Waals surface area (Å²) < 4.78 is -1.51. The lowest BCUT2D eigenvalue weighted by atomic mass is 10.7. The molecule has 10 heteroatoms. The highest BCUT2D eigenvalue weighted by atomic mass is 35.6. The number of allylic oxidation sites excluding steroid dienone is 4. The molecular formula is C12H14Cl10. The van der Waals surface area contributed by atoms with Gasteiger partial charge >= 0.3 is 0 Å². The average molecular weight is 513 g/mol. The summed E-state index contributed by atoms with van der Waals surface area (Å²) >= 11 is 51.4. The molecule has 0 spiro atoms. The van der Waals surface area contributed by atoms with Crippen LogP contribution < -0.4 is 0 Å². The third kappa shape index (κ3) is 49.5. The third-order valence-electron chi connectivity index (χ3n) is 0.689. The number of halogens is 10. The number of alkyl halides is 6. The van der Waals surface area contributed by atoms with Crippen molar-refractivity contribution in [3.8, 4) is 0 Å². The molecule has 0 radical (unpaired) electrons. The van der Waals surface area contributed by atoms with E-state index in [1.807, 2.05) is 0 Å². The molecule has 0 saturated heterocycles. The van der Waals surface area contributed by atoms with Crippen LogP contribution in [0.4, 0.5) is 0 Å². The molecule has 0 aromatic rings.